The highest BCUT2D eigenvalue weighted by atomic mass is 16.2. The van der Waals surface area contributed by atoms with Crippen LogP contribution in [0.15, 0.2) is 47.3 Å². The maximum absolute atomic E-state index is 13.1. The van der Waals surface area contributed by atoms with Crippen molar-refractivity contribution in [2.24, 2.45) is 0 Å². The van der Waals surface area contributed by atoms with Crippen LogP contribution in [0, 0.1) is 13.8 Å². The predicted molar refractivity (Wildman–Crippen MR) is 111 cm³/mol. The number of nitrogens with zero attached hydrogens (tertiary/aromatic N) is 1. The molecule has 0 bridgehead atoms. The predicted octanol–water partition coefficient (Wildman–Crippen LogP) is 2.82. The number of fused-ring (bicyclic) bond motifs is 2. The first-order valence-electron chi connectivity index (χ1n) is 9.69. The SMILES string of the molecule is Cc1cc(C)c2[nH]c3c(c(=O)c2c1)CN(CC(=O)NCc1ccccc1)CC3. The van der Waals surface area contributed by atoms with E-state index in [0.717, 1.165) is 51.8 Å². The van der Waals surface area contributed by atoms with Crippen LogP contribution in [0.1, 0.15) is 27.9 Å². The molecule has 28 heavy (non-hydrogen) atoms. The van der Waals surface area contributed by atoms with Crippen molar-refractivity contribution in [1.82, 2.24) is 15.2 Å². The van der Waals surface area contributed by atoms with Crippen LogP contribution >= 0.6 is 0 Å². The van der Waals surface area contributed by atoms with E-state index in [0.29, 0.717) is 19.6 Å². The van der Waals surface area contributed by atoms with E-state index in [-0.39, 0.29) is 11.3 Å². The molecule has 2 N–H and O–H groups in total. The number of rotatable bonds is 4. The molecular weight excluding hydrogens is 350 g/mol. The molecule has 0 atom stereocenters. The van der Waals surface area contributed by atoms with Crippen molar-refractivity contribution < 1.29 is 4.79 Å². The summed E-state index contributed by atoms with van der Waals surface area (Å²) in [5.41, 5.74) is 6.08. The first-order chi connectivity index (χ1) is 13.5. The summed E-state index contributed by atoms with van der Waals surface area (Å²) >= 11 is 0. The van der Waals surface area contributed by atoms with Gasteiger partial charge in [0.05, 0.1) is 12.1 Å². The number of carbonyl (C=O) groups is 1. The summed E-state index contributed by atoms with van der Waals surface area (Å²) in [6.45, 7) is 6.13. The highest BCUT2D eigenvalue weighted by Gasteiger charge is 2.22. The minimum absolute atomic E-state index is 0.0174. The number of H-pyrrole nitrogens is 1. The average molecular weight is 375 g/mol. The topological polar surface area (TPSA) is 65.2 Å². The molecule has 2 aromatic carbocycles. The van der Waals surface area contributed by atoms with Gasteiger partial charge < -0.3 is 10.3 Å². The van der Waals surface area contributed by atoms with Gasteiger partial charge in [-0.15, -0.1) is 0 Å². The highest BCUT2D eigenvalue weighted by Crippen LogP contribution is 2.21. The average Bonchev–Trinajstić information content (AvgIpc) is 2.69. The second kappa shape index (κ2) is 7.60. The summed E-state index contributed by atoms with van der Waals surface area (Å²) in [6, 6.07) is 13.9. The van der Waals surface area contributed by atoms with Crippen molar-refractivity contribution in [2.45, 2.75) is 33.4 Å². The van der Waals surface area contributed by atoms with E-state index >= 15 is 0 Å². The zero-order chi connectivity index (χ0) is 19.7. The lowest BCUT2D eigenvalue weighted by Gasteiger charge is -2.28. The fourth-order valence-corrected chi connectivity index (χ4v) is 3.98. The number of aryl methyl sites for hydroxylation is 2. The molecule has 1 aliphatic rings. The van der Waals surface area contributed by atoms with E-state index < -0.39 is 0 Å². The minimum atomic E-state index is -0.0174. The van der Waals surface area contributed by atoms with E-state index in [1.54, 1.807) is 0 Å². The molecule has 5 nitrogen and oxygen atoms in total. The van der Waals surface area contributed by atoms with Gasteiger partial charge in [-0.25, -0.2) is 0 Å². The second-order valence-corrected chi connectivity index (χ2v) is 7.64. The van der Waals surface area contributed by atoms with E-state index in [9.17, 15) is 9.59 Å². The third-order valence-corrected chi connectivity index (χ3v) is 5.40. The van der Waals surface area contributed by atoms with E-state index in [2.05, 4.69) is 16.4 Å². The Morgan fingerprint density at radius 1 is 1.18 bits per heavy atom. The van der Waals surface area contributed by atoms with Crippen LogP contribution in [-0.4, -0.2) is 28.9 Å². The largest absolute Gasteiger partial charge is 0.358 e. The van der Waals surface area contributed by atoms with Crippen LogP contribution in [0.4, 0.5) is 0 Å². The Hall–Kier alpha value is -2.92. The van der Waals surface area contributed by atoms with Crippen LogP contribution in [0.25, 0.3) is 10.9 Å². The molecule has 1 aliphatic heterocycles. The van der Waals surface area contributed by atoms with Gasteiger partial charge in [0.2, 0.25) is 5.91 Å². The number of hydrogen-bond donors (Lipinski definition) is 2. The molecule has 0 unspecified atom stereocenters. The molecular formula is C23H25N3O2. The number of nitrogens with one attached hydrogen (secondary N) is 2. The maximum Gasteiger partial charge on any atom is 0.234 e. The number of pyridine rings is 1. The van der Waals surface area contributed by atoms with Gasteiger partial charge in [0.1, 0.15) is 0 Å². The Labute approximate surface area is 164 Å². The van der Waals surface area contributed by atoms with Crippen molar-refractivity contribution in [1.29, 1.82) is 0 Å². The molecule has 2 heterocycles. The van der Waals surface area contributed by atoms with Crippen molar-refractivity contribution in [3.05, 3.63) is 80.6 Å². The Bertz CT molecular complexity index is 1090. The van der Waals surface area contributed by atoms with Crippen molar-refractivity contribution >= 4 is 16.8 Å². The Kier molecular flexibility index (Phi) is 5.01. The van der Waals surface area contributed by atoms with Gasteiger partial charge in [0.15, 0.2) is 5.43 Å². The van der Waals surface area contributed by atoms with Gasteiger partial charge in [0.25, 0.3) is 0 Å². The maximum atomic E-state index is 13.1. The van der Waals surface area contributed by atoms with Gasteiger partial charge >= 0.3 is 0 Å². The number of hydrogen-bond acceptors (Lipinski definition) is 3. The molecule has 144 valence electrons. The molecule has 3 aromatic rings. The Balaban J connectivity index is 1.49. The number of carbonyl (C=O) groups excluding carboxylic acids is 1. The van der Waals surface area contributed by atoms with Gasteiger partial charge in [-0.05, 0) is 36.6 Å². The van der Waals surface area contributed by atoms with Crippen LogP contribution < -0.4 is 10.7 Å². The molecule has 0 aliphatic carbocycles. The van der Waals surface area contributed by atoms with Crippen molar-refractivity contribution in [2.75, 3.05) is 13.1 Å². The molecule has 0 saturated carbocycles. The molecule has 5 heteroatoms. The first-order valence-corrected chi connectivity index (χ1v) is 9.69. The normalized spacial score (nSPS) is 14.1. The molecule has 0 fully saturated rings. The summed E-state index contributed by atoms with van der Waals surface area (Å²) in [7, 11) is 0. The van der Waals surface area contributed by atoms with Crippen LogP contribution in [0.5, 0.6) is 0 Å². The Morgan fingerprint density at radius 3 is 2.75 bits per heavy atom. The summed E-state index contributed by atoms with van der Waals surface area (Å²) in [5.74, 6) is -0.0174. The third-order valence-electron chi connectivity index (χ3n) is 5.40. The van der Waals surface area contributed by atoms with Gasteiger partial charge in [-0.1, -0.05) is 36.4 Å². The number of amides is 1. The number of benzene rings is 2. The molecule has 0 radical (unpaired) electrons. The van der Waals surface area contributed by atoms with Gasteiger partial charge in [-0.3, -0.25) is 14.5 Å². The minimum Gasteiger partial charge on any atom is -0.358 e. The summed E-state index contributed by atoms with van der Waals surface area (Å²) < 4.78 is 0. The van der Waals surface area contributed by atoms with Gasteiger partial charge in [-0.2, -0.15) is 0 Å². The molecule has 1 amide bonds. The van der Waals surface area contributed by atoms with Crippen LogP contribution in [-0.2, 0) is 24.3 Å². The lowest BCUT2D eigenvalue weighted by molar-refractivity contribution is -0.122. The van der Waals surface area contributed by atoms with Crippen LogP contribution in [0.3, 0.4) is 0 Å². The highest BCUT2D eigenvalue weighted by molar-refractivity contribution is 5.83. The lowest BCUT2D eigenvalue weighted by Crippen LogP contribution is -2.41. The van der Waals surface area contributed by atoms with Gasteiger partial charge in [0, 0.05) is 42.7 Å². The first kappa shape index (κ1) is 18.4. The van der Waals surface area contributed by atoms with E-state index in [4.69, 9.17) is 0 Å². The second-order valence-electron chi connectivity index (χ2n) is 7.64. The summed E-state index contributed by atoms with van der Waals surface area (Å²) in [4.78, 5) is 30.9. The van der Waals surface area contributed by atoms with Crippen molar-refractivity contribution in [3.8, 4) is 0 Å². The zero-order valence-corrected chi connectivity index (χ0v) is 16.3. The van der Waals surface area contributed by atoms with Crippen molar-refractivity contribution in [3.63, 3.8) is 0 Å². The molecule has 4 rings (SSSR count). The standard InChI is InChI=1S/C23H25N3O2/c1-15-10-16(2)22-18(11-15)23(28)19-13-26(9-8-20(19)25-22)14-21(27)24-12-17-6-4-3-5-7-17/h3-7,10-11H,8-9,12-14H2,1-2H3,(H,24,27)(H,25,28). The smallest absolute Gasteiger partial charge is 0.234 e. The van der Waals surface area contributed by atoms with E-state index in [1.165, 1.54) is 0 Å². The lowest BCUT2D eigenvalue weighted by atomic mass is 9.99. The molecule has 0 saturated heterocycles. The summed E-state index contributed by atoms with van der Waals surface area (Å²) in [5, 5.41) is 3.71. The number of aromatic amines is 1. The third kappa shape index (κ3) is 3.71. The zero-order valence-electron chi connectivity index (χ0n) is 16.3. The Morgan fingerprint density at radius 2 is 1.96 bits per heavy atom. The molecule has 0 spiro atoms. The fourth-order valence-electron chi connectivity index (χ4n) is 3.98. The fraction of sp³-hybridized carbons (Fsp3) is 0.304. The van der Waals surface area contributed by atoms with E-state index in [1.807, 2.05) is 55.1 Å². The quantitative estimate of drug-likeness (QED) is 0.737. The molecule has 1 aromatic heterocycles. The van der Waals surface area contributed by atoms with Crippen LogP contribution in [0.2, 0.25) is 0 Å². The summed E-state index contributed by atoms with van der Waals surface area (Å²) in [6.07, 6.45) is 0.750. The number of aromatic nitrogens is 1. The monoisotopic (exact) mass is 375 g/mol.